The number of hydrogen-bond acceptors (Lipinski definition) is 1. The first-order valence-electron chi connectivity index (χ1n) is 6.11. The van der Waals surface area contributed by atoms with Gasteiger partial charge in [-0.15, -0.1) is 0 Å². The van der Waals surface area contributed by atoms with Crippen LogP contribution in [0.4, 0.5) is 0 Å². The zero-order valence-electron chi connectivity index (χ0n) is 10.3. The largest absolute Gasteiger partial charge is 0.478 e. The van der Waals surface area contributed by atoms with Crippen molar-refractivity contribution in [3.8, 4) is 0 Å². The smallest absolute Gasteiger partial charge is 0.337 e. The number of carboxylic acid groups (broad SMARTS) is 1. The molecule has 3 aromatic rings. The van der Waals surface area contributed by atoms with Gasteiger partial charge in [-0.3, -0.25) is 0 Å². The number of carbonyl (C=O) groups is 1. The molecule has 1 N–H and O–H groups in total. The fourth-order valence-corrected chi connectivity index (χ4v) is 2.35. The normalized spacial score (nSPS) is 10.7. The lowest BCUT2D eigenvalue weighted by Gasteiger charge is -2.07. The molecule has 1 heterocycles. The van der Waals surface area contributed by atoms with Crippen molar-refractivity contribution in [3.63, 3.8) is 0 Å². The third kappa shape index (κ3) is 2.10. The van der Waals surface area contributed by atoms with E-state index in [1.165, 1.54) is 0 Å². The van der Waals surface area contributed by atoms with Gasteiger partial charge < -0.3 is 9.67 Å². The molecule has 19 heavy (non-hydrogen) atoms. The molecule has 0 bridgehead atoms. The van der Waals surface area contributed by atoms with E-state index in [1.807, 2.05) is 53.2 Å². The van der Waals surface area contributed by atoms with Crippen molar-refractivity contribution in [2.24, 2.45) is 0 Å². The van der Waals surface area contributed by atoms with Crippen LogP contribution >= 0.6 is 0 Å². The van der Waals surface area contributed by atoms with E-state index in [-0.39, 0.29) is 0 Å². The molecular formula is C16H13NO2. The van der Waals surface area contributed by atoms with Gasteiger partial charge in [-0.2, -0.15) is 0 Å². The number of para-hydroxylation sites is 1. The van der Waals surface area contributed by atoms with E-state index < -0.39 is 5.97 Å². The average Bonchev–Trinajstić information content (AvgIpc) is 2.83. The molecule has 0 aliphatic carbocycles. The van der Waals surface area contributed by atoms with Gasteiger partial charge >= 0.3 is 5.97 Å². The predicted molar refractivity (Wildman–Crippen MR) is 74.4 cm³/mol. The van der Waals surface area contributed by atoms with Crippen molar-refractivity contribution in [3.05, 3.63) is 71.9 Å². The predicted octanol–water partition coefficient (Wildman–Crippen LogP) is 3.39. The van der Waals surface area contributed by atoms with Gasteiger partial charge in [0.05, 0.1) is 11.1 Å². The van der Waals surface area contributed by atoms with Crippen molar-refractivity contribution in [2.75, 3.05) is 0 Å². The minimum Gasteiger partial charge on any atom is -0.478 e. The summed E-state index contributed by atoms with van der Waals surface area (Å²) < 4.78 is 1.98. The van der Waals surface area contributed by atoms with Crippen LogP contribution in [0.3, 0.4) is 0 Å². The number of aromatic nitrogens is 1. The number of aromatic carboxylic acids is 1. The standard InChI is InChI=1S/C16H13NO2/c18-16(19)14-8-4-7-13-9-10-17(15(13)14)11-12-5-2-1-3-6-12/h1-10H,11H2,(H,18,19). The number of nitrogens with zero attached hydrogens (tertiary/aromatic N) is 1. The van der Waals surface area contributed by atoms with Crippen molar-refractivity contribution < 1.29 is 9.90 Å². The Morgan fingerprint density at radius 1 is 1.00 bits per heavy atom. The summed E-state index contributed by atoms with van der Waals surface area (Å²) in [5.74, 6) is -0.890. The second-order valence-electron chi connectivity index (χ2n) is 4.48. The Morgan fingerprint density at radius 2 is 1.79 bits per heavy atom. The molecule has 0 fully saturated rings. The second kappa shape index (κ2) is 4.61. The highest BCUT2D eigenvalue weighted by Gasteiger charge is 2.12. The summed E-state index contributed by atoms with van der Waals surface area (Å²) in [7, 11) is 0. The number of fused-ring (bicyclic) bond motifs is 1. The third-order valence-corrected chi connectivity index (χ3v) is 3.21. The van der Waals surface area contributed by atoms with Crippen LogP contribution in [0.2, 0.25) is 0 Å². The monoisotopic (exact) mass is 251 g/mol. The fraction of sp³-hybridized carbons (Fsp3) is 0.0625. The Kier molecular flexibility index (Phi) is 2.80. The van der Waals surface area contributed by atoms with Gasteiger partial charge in [0, 0.05) is 18.1 Å². The van der Waals surface area contributed by atoms with Crippen LogP contribution in [-0.4, -0.2) is 15.6 Å². The lowest BCUT2D eigenvalue weighted by Crippen LogP contribution is -2.04. The molecule has 3 heteroatoms. The summed E-state index contributed by atoms with van der Waals surface area (Å²) in [5.41, 5.74) is 2.28. The molecule has 0 aliphatic heterocycles. The quantitative estimate of drug-likeness (QED) is 0.775. The van der Waals surface area contributed by atoms with Crippen molar-refractivity contribution in [1.29, 1.82) is 0 Å². The van der Waals surface area contributed by atoms with Crippen LogP contribution in [-0.2, 0) is 6.54 Å². The lowest BCUT2D eigenvalue weighted by molar-refractivity contribution is 0.0698. The Bertz CT molecular complexity index is 729. The Hall–Kier alpha value is -2.55. The first-order valence-corrected chi connectivity index (χ1v) is 6.11. The summed E-state index contributed by atoms with van der Waals surface area (Å²) >= 11 is 0. The van der Waals surface area contributed by atoms with Crippen molar-refractivity contribution in [1.82, 2.24) is 4.57 Å². The van der Waals surface area contributed by atoms with Crippen LogP contribution in [0, 0.1) is 0 Å². The summed E-state index contributed by atoms with van der Waals surface area (Å²) in [6.07, 6.45) is 1.93. The van der Waals surface area contributed by atoms with Crippen LogP contribution in [0.5, 0.6) is 0 Å². The Balaban J connectivity index is 2.12. The van der Waals surface area contributed by atoms with E-state index in [2.05, 4.69) is 0 Å². The van der Waals surface area contributed by atoms with Gasteiger partial charge in [0.2, 0.25) is 0 Å². The van der Waals surface area contributed by atoms with Crippen LogP contribution < -0.4 is 0 Å². The second-order valence-corrected chi connectivity index (χ2v) is 4.48. The average molecular weight is 251 g/mol. The van der Waals surface area contributed by atoms with Crippen LogP contribution in [0.15, 0.2) is 60.8 Å². The van der Waals surface area contributed by atoms with Gasteiger partial charge in [-0.1, -0.05) is 42.5 Å². The highest BCUT2D eigenvalue weighted by atomic mass is 16.4. The van der Waals surface area contributed by atoms with Gasteiger partial charge in [0.15, 0.2) is 0 Å². The fourth-order valence-electron chi connectivity index (χ4n) is 2.35. The molecule has 94 valence electrons. The minimum absolute atomic E-state index is 0.346. The summed E-state index contributed by atoms with van der Waals surface area (Å²) in [4.78, 5) is 11.3. The lowest BCUT2D eigenvalue weighted by atomic mass is 10.1. The number of carboxylic acids is 1. The molecule has 0 radical (unpaired) electrons. The zero-order chi connectivity index (χ0) is 13.2. The molecule has 0 amide bonds. The van der Waals surface area contributed by atoms with Crippen LogP contribution in [0.25, 0.3) is 10.9 Å². The maximum Gasteiger partial charge on any atom is 0.337 e. The molecule has 2 aromatic carbocycles. The summed E-state index contributed by atoms with van der Waals surface area (Å²) in [6.45, 7) is 0.675. The van der Waals surface area contributed by atoms with Crippen LogP contribution in [0.1, 0.15) is 15.9 Å². The van der Waals surface area contributed by atoms with Gasteiger partial charge in [-0.25, -0.2) is 4.79 Å². The first-order chi connectivity index (χ1) is 9.25. The number of hydrogen-bond donors (Lipinski definition) is 1. The maximum atomic E-state index is 11.3. The topological polar surface area (TPSA) is 42.2 Å². The van der Waals surface area contributed by atoms with Gasteiger partial charge in [0.1, 0.15) is 0 Å². The minimum atomic E-state index is -0.890. The number of rotatable bonds is 3. The molecule has 0 atom stereocenters. The molecule has 0 saturated carbocycles. The van der Waals surface area contributed by atoms with Crippen molar-refractivity contribution in [2.45, 2.75) is 6.54 Å². The maximum absolute atomic E-state index is 11.3. The first kappa shape index (κ1) is 11.5. The highest BCUT2D eigenvalue weighted by Crippen LogP contribution is 2.21. The van der Waals surface area contributed by atoms with E-state index in [0.29, 0.717) is 12.1 Å². The van der Waals surface area contributed by atoms with Gasteiger partial charge in [-0.05, 0) is 17.7 Å². The molecule has 0 unspecified atom stereocenters. The van der Waals surface area contributed by atoms with Gasteiger partial charge in [0.25, 0.3) is 0 Å². The Labute approximate surface area is 110 Å². The van der Waals surface area contributed by atoms with E-state index in [9.17, 15) is 9.90 Å². The zero-order valence-corrected chi connectivity index (χ0v) is 10.3. The summed E-state index contributed by atoms with van der Waals surface area (Å²) in [6, 6.07) is 17.3. The van der Waals surface area contributed by atoms with E-state index >= 15 is 0 Å². The van der Waals surface area contributed by atoms with E-state index in [4.69, 9.17) is 0 Å². The molecular weight excluding hydrogens is 238 g/mol. The highest BCUT2D eigenvalue weighted by molar-refractivity contribution is 6.02. The molecule has 3 rings (SSSR count). The molecule has 1 aromatic heterocycles. The van der Waals surface area contributed by atoms with E-state index in [1.54, 1.807) is 12.1 Å². The third-order valence-electron chi connectivity index (χ3n) is 3.21. The summed E-state index contributed by atoms with van der Waals surface area (Å²) in [5, 5.41) is 10.2. The van der Waals surface area contributed by atoms with E-state index in [0.717, 1.165) is 16.5 Å². The molecule has 0 spiro atoms. The molecule has 3 nitrogen and oxygen atoms in total. The number of benzene rings is 2. The Morgan fingerprint density at radius 3 is 2.53 bits per heavy atom. The molecule has 0 aliphatic rings. The van der Waals surface area contributed by atoms with Crippen molar-refractivity contribution >= 4 is 16.9 Å². The SMILES string of the molecule is O=C(O)c1cccc2ccn(Cc3ccccc3)c12. The molecule has 0 saturated heterocycles.